The van der Waals surface area contributed by atoms with Crippen LogP contribution in [0.4, 0.5) is 0 Å². The second kappa shape index (κ2) is 5.91. The van der Waals surface area contributed by atoms with Crippen LogP contribution in [0, 0.1) is 17.8 Å². The van der Waals surface area contributed by atoms with Crippen LogP contribution >= 0.6 is 0 Å². The van der Waals surface area contributed by atoms with Crippen LogP contribution in [0.5, 0.6) is 0 Å². The number of hydrogen-bond acceptors (Lipinski definition) is 2. The third-order valence-electron chi connectivity index (χ3n) is 6.36. The SMILES string of the molecule is CC(C)C(C)CN1C(=O)C2(CCCC2)NC1C1CCCC1. The number of rotatable bonds is 4. The summed E-state index contributed by atoms with van der Waals surface area (Å²) in [6, 6.07) is 0. The van der Waals surface area contributed by atoms with E-state index in [4.69, 9.17) is 0 Å². The second-order valence-electron chi connectivity index (χ2n) is 8.10. The summed E-state index contributed by atoms with van der Waals surface area (Å²) in [4.78, 5) is 15.4. The summed E-state index contributed by atoms with van der Waals surface area (Å²) in [5, 5.41) is 3.83. The average Bonchev–Trinajstić information content (AvgIpc) is 3.16. The van der Waals surface area contributed by atoms with Crippen LogP contribution in [0.1, 0.15) is 72.1 Å². The molecule has 2 saturated carbocycles. The molecule has 0 aromatic rings. The topological polar surface area (TPSA) is 32.3 Å². The Bertz CT molecular complexity index is 381. The van der Waals surface area contributed by atoms with E-state index in [-0.39, 0.29) is 5.54 Å². The Morgan fingerprint density at radius 1 is 1.14 bits per heavy atom. The van der Waals surface area contributed by atoms with E-state index in [1.54, 1.807) is 0 Å². The van der Waals surface area contributed by atoms with Gasteiger partial charge < -0.3 is 4.90 Å². The van der Waals surface area contributed by atoms with E-state index in [0.29, 0.717) is 29.8 Å². The summed E-state index contributed by atoms with van der Waals surface area (Å²) in [5.74, 6) is 2.33. The summed E-state index contributed by atoms with van der Waals surface area (Å²) in [6.07, 6.45) is 10.1. The molecule has 0 aromatic carbocycles. The van der Waals surface area contributed by atoms with Crippen molar-refractivity contribution in [3.05, 3.63) is 0 Å². The van der Waals surface area contributed by atoms with Crippen molar-refractivity contribution < 1.29 is 4.79 Å². The van der Waals surface area contributed by atoms with Crippen LogP contribution in [0.15, 0.2) is 0 Å². The zero-order valence-electron chi connectivity index (χ0n) is 14.0. The van der Waals surface area contributed by atoms with E-state index in [2.05, 4.69) is 31.0 Å². The molecule has 1 spiro atoms. The number of carbonyl (C=O) groups is 1. The highest BCUT2D eigenvalue weighted by molar-refractivity contribution is 5.89. The lowest BCUT2D eigenvalue weighted by Gasteiger charge is -2.32. The van der Waals surface area contributed by atoms with Gasteiger partial charge in [-0.1, -0.05) is 46.5 Å². The van der Waals surface area contributed by atoms with Crippen molar-refractivity contribution in [2.24, 2.45) is 17.8 Å². The van der Waals surface area contributed by atoms with Crippen LogP contribution in [-0.2, 0) is 4.79 Å². The fraction of sp³-hybridized carbons (Fsp3) is 0.944. The molecule has 1 N–H and O–H groups in total. The first-order chi connectivity index (χ1) is 10.0. The first-order valence-corrected chi connectivity index (χ1v) is 9.12. The number of nitrogens with zero attached hydrogens (tertiary/aromatic N) is 1. The molecular weight excluding hydrogens is 260 g/mol. The third-order valence-corrected chi connectivity index (χ3v) is 6.36. The van der Waals surface area contributed by atoms with Gasteiger partial charge in [-0.3, -0.25) is 10.1 Å². The molecule has 0 radical (unpaired) electrons. The van der Waals surface area contributed by atoms with Gasteiger partial charge in [0.2, 0.25) is 5.91 Å². The van der Waals surface area contributed by atoms with Crippen molar-refractivity contribution in [2.45, 2.75) is 83.8 Å². The maximum atomic E-state index is 13.1. The largest absolute Gasteiger partial charge is 0.325 e. The molecule has 0 bridgehead atoms. The van der Waals surface area contributed by atoms with Gasteiger partial charge in [0.05, 0.1) is 11.7 Å². The minimum atomic E-state index is -0.191. The van der Waals surface area contributed by atoms with Crippen LogP contribution in [0.25, 0.3) is 0 Å². The van der Waals surface area contributed by atoms with Gasteiger partial charge in [0.15, 0.2) is 0 Å². The summed E-state index contributed by atoms with van der Waals surface area (Å²) >= 11 is 0. The lowest BCUT2D eigenvalue weighted by atomic mass is 9.95. The lowest BCUT2D eigenvalue weighted by molar-refractivity contribution is -0.134. The molecule has 1 amide bonds. The third kappa shape index (κ3) is 2.74. The van der Waals surface area contributed by atoms with E-state index < -0.39 is 0 Å². The van der Waals surface area contributed by atoms with E-state index in [9.17, 15) is 4.79 Å². The molecule has 2 aliphatic carbocycles. The van der Waals surface area contributed by atoms with Gasteiger partial charge in [0, 0.05) is 6.54 Å². The van der Waals surface area contributed by atoms with Gasteiger partial charge in [-0.2, -0.15) is 0 Å². The quantitative estimate of drug-likeness (QED) is 0.859. The maximum absolute atomic E-state index is 13.1. The van der Waals surface area contributed by atoms with Crippen molar-refractivity contribution in [2.75, 3.05) is 6.54 Å². The van der Waals surface area contributed by atoms with Gasteiger partial charge in [0.25, 0.3) is 0 Å². The number of carbonyl (C=O) groups excluding carboxylic acids is 1. The van der Waals surface area contributed by atoms with Gasteiger partial charge in [-0.05, 0) is 43.4 Å². The highest BCUT2D eigenvalue weighted by atomic mass is 16.2. The van der Waals surface area contributed by atoms with E-state index in [1.807, 2.05) is 0 Å². The molecule has 2 unspecified atom stereocenters. The summed E-state index contributed by atoms with van der Waals surface area (Å²) in [7, 11) is 0. The number of amides is 1. The molecule has 1 aliphatic heterocycles. The fourth-order valence-electron chi connectivity index (χ4n) is 4.52. The summed E-state index contributed by atoms with van der Waals surface area (Å²) in [5.41, 5.74) is -0.191. The molecule has 21 heavy (non-hydrogen) atoms. The van der Waals surface area contributed by atoms with Gasteiger partial charge in [-0.15, -0.1) is 0 Å². The van der Waals surface area contributed by atoms with Crippen molar-refractivity contribution in [3.63, 3.8) is 0 Å². The lowest BCUT2D eigenvalue weighted by Crippen LogP contribution is -2.46. The maximum Gasteiger partial charge on any atom is 0.244 e. The minimum absolute atomic E-state index is 0.191. The number of nitrogens with one attached hydrogen (secondary N) is 1. The van der Waals surface area contributed by atoms with E-state index in [1.165, 1.54) is 38.5 Å². The highest BCUT2D eigenvalue weighted by Gasteiger charge is 2.54. The first kappa shape index (κ1) is 15.3. The smallest absolute Gasteiger partial charge is 0.244 e. The summed E-state index contributed by atoms with van der Waals surface area (Å²) < 4.78 is 0. The second-order valence-corrected chi connectivity index (χ2v) is 8.10. The monoisotopic (exact) mass is 292 g/mol. The van der Waals surface area contributed by atoms with Crippen LogP contribution in [0.3, 0.4) is 0 Å². The Hall–Kier alpha value is -0.570. The molecule has 120 valence electrons. The highest BCUT2D eigenvalue weighted by Crippen LogP contribution is 2.41. The van der Waals surface area contributed by atoms with Crippen molar-refractivity contribution in [3.8, 4) is 0 Å². The standard InChI is InChI=1S/C18H32N2O/c1-13(2)14(3)12-20-16(15-8-4-5-9-15)19-18(17(20)21)10-6-7-11-18/h13-16,19H,4-12H2,1-3H3. The van der Waals surface area contributed by atoms with Crippen molar-refractivity contribution >= 4 is 5.91 Å². The summed E-state index contributed by atoms with van der Waals surface area (Å²) in [6.45, 7) is 7.78. The molecule has 3 nitrogen and oxygen atoms in total. The Morgan fingerprint density at radius 2 is 1.76 bits per heavy atom. The normalized spacial score (nSPS) is 31.0. The van der Waals surface area contributed by atoms with Crippen molar-refractivity contribution in [1.29, 1.82) is 0 Å². The first-order valence-electron chi connectivity index (χ1n) is 9.12. The molecule has 3 heteroatoms. The number of hydrogen-bond donors (Lipinski definition) is 1. The van der Waals surface area contributed by atoms with E-state index in [0.717, 1.165) is 19.4 Å². The molecular formula is C18H32N2O. The van der Waals surface area contributed by atoms with Crippen LogP contribution in [0.2, 0.25) is 0 Å². The zero-order valence-corrected chi connectivity index (χ0v) is 14.0. The Kier molecular flexibility index (Phi) is 4.31. The van der Waals surface area contributed by atoms with Crippen molar-refractivity contribution in [1.82, 2.24) is 10.2 Å². The van der Waals surface area contributed by atoms with Crippen LogP contribution in [-0.4, -0.2) is 29.1 Å². The molecule has 2 atom stereocenters. The Balaban J connectivity index is 1.79. The fourth-order valence-corrected chi connectivity index (χ4v) is 4.52. The molecule has 1 heterocycles. The van der Waals surface area contributed by atoms with Gasteiger partial charge >= 0.3 is 0 Å². The zero-order chi connectivity index (χ0) is 15.0. The average molecular weight is 292 g/mol. The predicted octanol–water partition coefficient (Wildman–Crippen LogP) is 3.54. The minimum Gasteiger partial charge on any atom is -0.325 e. The van der Waals surface area contributed by atoms with Gasteiger partial charge in [-0.25, -0.2) is 0 Å². The molecule has 3 fully saturated rings. The Labute approximate surface area is 129 Å². The molecule has 3 aliphatic rings. The molecule has 1 saturated heterocycles. The molecule has 0 aromatic heterocycles. The van der Waals surface area contributed by atoms with Crippen LogP contribution < -0.4 is 5.32 Å². The Morgan fingerprint density at radius 3 is 2.33 bits per heavy atom. The molecule has 3 rings (SSSR count). The van der Waals surface area contributed by atoms with E-state index >= 15 is 0 Å². The van der Waals surface area contributed by atoms with Gasteiger partial charge in [0.1, 0.15) is 0 Å². The predicted molar refractivity (Wildman–Crippen MR) is 85.8 cm³/mol.